The molecule has 0 aliphatic carbocycles. The lowest BCUT2D eigenvalue weighted by atomic mass is 9.91. The van der Waals surface area contributed by atoms with Crippen molar-refractivity contribution in [2.75, 3.05) is 27.7 Å². The van der Waals surface area contributed by atoms with Gasteiger partial charge in [0.05, 0.1) is 31.6 Å². The van der Waals surface area contributed by atoms with Crippen LogP contribution in [0.3, 0.4) is 0 Å². The molecular formula is C49H77N5O13. The van der Waals surface area contributed by atoms with Gasteiger partial charge in [-0.3, -0.25) is 33.6 Å². The van der Waals surface area contributed by atoms with Crippen molar-refractivity contribution in [3.63, 3.8) is 0 Å². The molecule has 18 heteroatoms. The first-order valence-corrected chi connectivity index (χ1v) is 23.8. The van der Waals surface area contributed by atoms with Gasteiger partial charge < -0.3 is 49.8 Å². The maximum atomic E-state index is 14.7. The van der Waals surface area contributed by atoms with Gasteiger partial charge in [-0.2, -0.15) is 0 Å². The molecule has 2 saturated heterocycles. The first-order valence-electron chi connectivity index (χ1n) is 23.8. The Morgan fingerprint density at radius 3 is 2.10 bits per heavy atom. The number of hydrogen-bond donors (Lipinski definition) is 4. The van der Waals surface area contributed by atoms with E-state index in [0.29, 0.717) is 30.6 Å². The molecule has 0 spiro atoms. The number of methoxy groups -OCH3 is 1. The van der Waals surface area contributed by atoms with Crippen molar-refractivity contribution in [1.82, 2.24) is 25.8 Å². The highest BCUT2D eigenvalue weighted by Gasteiger charge is 2.45. The molecule has 0 radical (unpaired) electrons. The minimum Gasteiger partial charge on any atom is -0.497 e. The quantitative estimate of drug-likeness (QED) is 0.126. The fourth-order valence-corrected chi connectivity index (χ4v) is 8.43. The summed E-state index contributed by atoms with van der Waals surface area (Å²) in [5, 5.41) is 20.0. The number of likely N-dealkylation sites (N-methyl/N-ethyl adjacent to an activating group) is 2. The molecule has 2 aliphatic rings. The van der Waals surface area contributed by atoms with E-state index < -0.39 is 126 Å². The van der Waals surface area contributed by atoms with Gasteiger partial charge in [-0.05, 0) is 87.9 Å². The number of carbonyl (C=O) groups is 8. The van der Waals surface area contributed by atoms with Crippen molar-refractivity contribution < 1.29 is 62.4 Å². The van der Waals surface area contributed by atoms with Gasteiger partial charge in [0.2, 0.25) is 23.8 Å². The van der Waals surface area contributed by atoms with Crippen LogP contribution in [-0.2, 0) is 59.0 Å². The van der Waals surface area contributed by atoms with Crippen LogP contribution in [0, 0.1) is 29.6 Å². The van der Waals surface area contributed by atoms with Crippen molar-refractivity contribution in [2.24, 2.45) is 29.6 Å². The number of ether oxygens (including phenoxy) is 4. The molecule has 0 unspecified atom stereocenters. The molecule has 2 heterocycles. The Labute approximate surface area is 396 Å². The highest BCUT2D eigenvalue weighted by molar-refractivity contribution is 6.05. The predicted molar refractivity (Wildman–Crippen MR) is 248 cm³/mol. The fraction of sp³-hybridized carbons (Fsp3) is 0.714. The predicted octanol–water partition coefficient (Wildman–Crippen LogP) is 3.13. The zero-order valence-electron chi connectivity index (χ0n) is 41.8. The number of aliphatic hydroxyl groups is 1. The Morgan fingerprint density at radius 1 is 0.910 bits per heavy atom. The van der Waals surface area contributed by atoms with Gasteiger partial charge in [-0.1, -0.05) is 73.9 Å². The van der Waals surface area contributed by atoms with Crippen LogP contribution in [0.4, 0.5) is 0 Å². The van der Waals surface area contributed by atoms with Crippen LogP contribution < -0.4 is 20.7 Å². The number of esters is 3. The normalized spacial score (nSPS) is 27.8. The van der Waals surface area contributed by atoms with Gasteiger partial charge in [0, 0.05) is 20.0 Å². The van der Waals surface area contributed by atoms with Gasteiger partial charge in [-0.25, -0.2) is 4.79 Å². The molecule has 2 fully saturated rings. The standard InChI is InChI=1S/C49H77N5O13/c1-14-29(8)40-38(55)25-39(56)66-42(28(6)7)41(57)30(9)44(58)51-34(22-26(2)3)46(60)54-21-15-16-36(54)47(61)53(12)37(24-32-17-19-33(64-13)20-18-32)49(63)65-31(10)43(45(59)52-40)67-48(62)35(50-11)23-27(4)5/h17-20,26-31,34-38,40,42-43,50,55H,14-16,21-25H2,1-13H3,(H,51,58)(H,52,59)/t29-,30-,31+,34-,35+,36-,37-,38-,40+,42-,43-/m0/s1. The van der Waals surface area contributed by atoms with E-state index in [2.05, 4.69) is 16.0 Å². The van der Waals surface area contributed by atoms with E-state index in [1.54, 1.807) is 52.1 Å². The average molecular weight is 944 g/mol. The first kappa shape index (κ1) is 56.2. The van der Waals surface area contributed by atoms with Gasteiger partial charge in [0.1, 0.15) is 36.0 Å². The summed E-state index contributed by atoms with van der Waals surface area (Å²) in [4.78, 5) is 116. The van der Waals surface area contributed by atoms with Crippen LogP contribution >= 0.6 is 0 Å². The first-order chi connectivity index (χ1) is 31.4. The highest BCUT2D eigenvalue weighted by Crippen LogP contribution is 2.26. The smallest absolute Gasteiger partial charge is 0.329 e. The summed E-state index contributed by atoms with van der Waals surface area (Å²) in [6.07, 6.45) is -5.38. The molecule has 4 amide bonds. The topological polar surface area (TPSA) is 236 Å². The number of aliphatic hydroxyl groups excluding tert-OH is 1. The SMILES string of the molecule is CC[C@H](C)[C@H]1NC(=O)[C@@H](OC(=O)[C@@H](CC(C)C)NC)[C@@H](C)OC(=O)[C@H](Cc2ccc(OC)cc2)N(C)C(=O)[C@@H]2CCCN2C(=O)[C@H](CC(C)C)NC(=O)[C@@H](C)C(=O)[C@H](C(C)C)OC(=O)C[C@@H]1O. The van der Waals surface area contributed by atoms with E-state index >= 15 is 0 Å². The lowest BCUT2D eigenvalue weighted by Gasteiger charge is -2.35. The molecule has 0 aromatic heterocycles. The number of carbonyl (C=O) groups excluding carboxylic acids is 8. The Balaban J connectivity index is 2.23. The lowest BCUT2D eigenvalue weighted by molar-refractivity contribution is -0.176. The molecule has 1 aromatic rings. The highest BCUT2D eigenvalue weighted by atomic mass is 16.6. The van der Waals surface area contributed by atoms with Crippen LogP contribution in [0.15, 0.2) is 24.3 Å². The number of ketones is 1. The largest absolute Gasteiger partial charge is 0.497 e. The minimum absolute atomic E-state index is 0.0418. The number of fused-ring (bicyclic) bond motifs is 1. The number of Topliss-reactive ketones (excluding diaryl/α,β-unsaturated/α-hetero) is 1. The van der Waals surface area contributed by atoms with Crippen LogP contribution in [-0.4, -0.2) is 145 Å². The molecule has 376 valence electrons. The summed E-state index contributed by atoms with van der Waals surface area (Å²) in [6.45, 7) is 17.3. The number of amides is 4. The summed E-state index contributed by atoms with van der Waals surface area (Å²) in [6, 6.07) is 1.33. The third-order valence-electron chi connectivity index (χ3n) is 12.7. The molecular weight excluding hydrogens is 867 g/mol. The van der Waals surface area contributed by atoms with Crippen molar-refractivity contribution >= 4 is 47.3 Å². The summed E-state index contributed by atoms with van der Waals surface area (Å²) in [5.74, 6) is -8.26. The van der Waals surface area contributed by atoms with Crippen LogP contribution in [0.5, 0.6) is 5.75 Å². The molecule has 18 nitrogen and oxygen atoms in total. The molecule has 67 heavy (non-hydrogen) atoms. The number of nitrogens with zero attached hydrogens (tertiary/aromatic N) is 2. The second-order valence-electron chi connectivity index (χ2n) is 19.3. The van der Waals surface area contributed by atoms with E-state index in [9.17, 15) is 43.5 Å². The monoisotopic (exact) mass is 944 g/mol. The third kappa shape index (κ3) is 15.5. The molecule has 1 aromatic carbocycles. The number of rotatable bonds is 13. The van der Waals surface area contributed by atoms with E-state index in [4.69, 9.17) is 18.9 Å². The zero-order valence-corrected chi connectivity index (χ0v) is 41.8. The van der Waals surface area contributed by atoms with E-state index in [1.165, 1.54) is 37.8 Å². The summed E-state index contributed by atoms with van der Waals surface area (Å²) in [7, 11) is 4.50. The summed E-state index contributed by atoms with van der Waals surface area (Å²) in [5.41, 5.74) is 0.616. The van der Waals surface area contributed by atoms with Crippen molar-refractivity contribution in [1.29, 1.82) is 0 Å². The van der Waals surface area contributed by atoms with Crippen LogP contribution in [0.1, 0.15) is 113 Å². The van der Waals surface area contributed by atoms with Crippen LogP contribution in [0.25, 0.3) is 0 Å². The Hall–Kier alpha value is -5.10. The molecule has 2 aliphatic heterocycles. The number of benzene rings is 1. The van der Waals surface area contributed by atoms with E-state index in [1.807, 2.05) is 34.6 Å². The molecule has 4 N–H and O–H groups in total. The van der Waals surface area contributed by atoms with Gasteiger partial charge >= 0.3 is 17.9 Å². The Bertz CT molecular complexity index is 1870. The summed E-state index contributed by atoms with van der Waals surface area (Å²) < 4.78 is 22.9. The number of nitrogens with one attached hydrogen (secondary N) is 3. The van der Waals surface area contributed by atoms with Crippen LogP contribution in [0.2, 0.25) is 0 Å². The molecule has 0 saturated carbocycles. The van der Waals surface area contributed by atoms with Crippen molar-refractivity contribution in [2.45, 2.75) is 169 Å². The van der Waals surface area contributed by atoms with Crippen molar-refractivity contribution in [3.8, 4) is 5.75 Å². The van der Waals surface area contributed by atoms with E-state index in [-0.39, 0.29) is 37.6 Å². The number of cyclic esters (lactones) is 2. The second kappa shape index (κ2) is 25.9. The zero-order chi connectivity index (χ0) is 50.4. The number of hydrogen-bond acceptors (Lipinski definition) is 14. The van der Waals surface area contributed by atoms with Gasteiger partial charge in [0.15, 0.2) is 11.9 Å². The lowest BCUT2D eigenvalue weighted by Crippen LogP contribution is -2.57. The molecule has 0 bridgehead atoms. The second-order valence-corrected chi connectivity index (χ2v) is 19.3. The summed E-state index contributed by atoms with van der Waals surface area (Å²) >= 11 is 0. The Morgan fingerprint density at radius 2 is 1.55 bits per heavy atom. The maximum Gasteiger partial charge on any atom is 0.329 e. The minimum atomic E-state index is -1.79. The fourth-order valence-electron chi connectivity index (χ4n) is 8.43. The molecule has 3 rings (SSSR count). The maximum absolute atomic E-state index is 14.7. The average Bonchev–Trinajstić information content (AvgIpc) is 3.77. The van der Waals surface area contributed by atoms with E-state index in [0.717, 1.165) is 0 Å². The third-order valence-corrected chi connectivity index (χ3v) is 12.7. The van der Waals surface area contributed by atoms with Crippen molar-refractivity contribution in [3.05, 3.63) is 29.8 Å². The molecule has 11 atom stereocenters. The Kier molecular flexibility index (Phi) is 21.7. The van der Waals surface area contributed by atoms with Gasteiger partial charge in [0.25, 0.3) is 5.91 Å². The van der Waals surface area contributed by atoms with Gasteiger partial charge in [-0.15, -0.1) is 0 Å².